The predicted molar refractivity (Wildman–Crippen MR) is 108 cm³/mol. The van der Waals surface area contributed by atoms with Crippen LogP contribution in [0.3, 0.4) is 0 Å². The molecule has 0 bridgehead atoms. The number of aromatic nitrogens is 2. The second-order valence-corrected chi connectivity index (χ2v) is 6.49. The monoisotopic (exact) mass is 359 g/mol. The smallest absolute Gasteiger partial charge is 0.248 e. The van der Waals surface area contributed by atoms with Gasteiger partial charge in [0.1, 0.15) is 12.1 Å². The number of hydrogen-bond acceptors (Lipinski definition) is 5. The molecule has 2 aromatic carbocycles. The van der Waals surface area contributed by atoms with Crippen LogP contribution in [-0.4, -0.2) is 29.0 Å². The van der Waals surface area contributed by atoms with Crippen LogP contribution in [0.25, 0.3) is 10.9 Å². The molecule has 1 saturated heterocycles. The summed E-state index contributed by atoms with van der Waals surface area (Å²) in [5, 5.41) is 10.4. The first-order chi connectivity index (χ1) is 13.3. The zero-order valence-electron chi connectivity index (χ0n) is 14.9. The number of benzene rings is 2. The minimum Gasteiger partial charge on any atom is -0.340 e. The number of rotatable bonds is 4. The molecular formula is C21H21N5O. The topological polar surface area (TPSA) is 78.9 Å². The minimum absolute atomic E-state index is 0.0966. The largest absolute Gasteiger partial charge is 0.340 e. The van der Waals surface area contributed by atoms with Gasteiger partial charge in [0.2, 0.25) is 5.91 Å². The molecule has 1 aromatic heterocycles. The summed E-state index contributed by atoms with van der Waals surface area (Å²) in [6.07, 6.45) is 5.09. The molecule has 4 rings (SSSR count). The molecule has 0 aliphatic carbocycles. The zero-order chi connectivity index (χ0) is 18.5. The van der Waals surface area contributed by atoms with E-state index in [1.54, 1.807) is 6.08 Å². The van der Waals surface area contributed by atoms with E-state index < -0.39 is 0 Å². The Morgan fingerprint density at radius 2 is 1.81 bits per heavy atom. The molecule has 0 spiro atoms. The quantitative estimate of drug-likeness (QED) is 0.620. The molecule has 0 atom stereocenters. The van der Waals surface area contributed by atoms with Gasteiger partial charge in [0, 0.05) is 22.8 Å². The lowest BCUT2D eigenvalue weighted by atomic mass is 10.1. The number of piperidine rings is 1. The van der Waals surface area contributed by atoms with E-state index in [1.165, 1.54) is 11.9 Å². The van der Waals surface area contributed by atoms with Crippen molar-refractivity contribution in [3.05, 3.63) is 66.5 Å². The van der Waals surface area contributed by atoms with E-state index in [0.717, 1.165) is 48.2 Å². The third-order valence-electron chi connectivity index (χ3n) is 4.52. The van der Waals surface area contributed by atoms with Gasteiger partial charge < -0.3 is 16.0 Å². The summed E-state index contributed by atoms with van der Waals surface area (Å²) in [5.41, 5.74) is 3.67. The van der Waals surface area contributed by atoms with E-state index in [0.29, 0.717) is 5.82 Å². The first-order valence-corrected chi connectivity index (χ1v) is 9.06. The molecule has 3 aromatic rings. The van der Waals surface area contributed by atoms with Crippen LogP contribution in [0.2, 0.25) is 0 Å². The second-order valence-electron chi connectivity index (χ2n) is 6.49. The molecule has 1 aliphatic rings. The molecule has 0 unspecified atom stereocenters. The van der Waals surface area contributed by atoms with Gasteiger partial charge in [0.15, 0.2) is 0 Å². The molecule has 27 heavy (non-hydrogen) atoms. The molecule has 1 amide bonds. The van der Waals surface area contributed by atoms with Gasteiger partial charge >= 0.3 is 0 Å². The summed E-state index contributed by atoms with van der Waals surface area (Å²) >= 11 is 0. The second kappa shape index (κ2) is 7.97. The maximum absolute atomic E-state index is 12.3. The molecule has 0 saturated carbocycles. The fraction of sp³-hybridized carbons (Fsp3) is 0.190. The van der Waals surface area contributed by atoms with Crippen LogP contribution in [0, 0.1) is 0 Å². The summed E-state index contributed by atoms with van der Waals surface area (Å²) < 4.78 is 0. The number of hydrogen-bond donors (Lipinski definition) is 3. The van der Waals surface area contributed by atoms with E-state index in [9.17, 15) is 4.79 Å². The van der Waals surface area contributed by atoms with Crippen LogP contribution in [0.4, 0.5) is 17.2 Å². The van der Waals surface area contributed by atoms with Crippen LogP contribution < -0.4 is 16.0 Å². The van der Waals surface area contributed by atoms with Crippen molar-refractivity contribution in [3.8, 4) is 0 Å². The Labute approximate surface area is 157 Å². The molecule has 1 aliphatic heterocycles. The van der Waals surface area contributed by atoms with Gasteiger partial charge in [-0.1, -0.05) is 23.8 Å². The molecule has 3 N–H and O–H groups in total. The first kappa shape index (κ1) is 17.2. The van der Waals surface area contributed by atoms with Crippen molar-refractivity contribution in [1.82, 2.24) is 15.3 Å². The van der Waals surface area contributed by atoms with E-state index in [-0.39, 0.29) is 5.91 Å². The Morgan fingerprint density at radius 3 is 2.63 bits per heavy atom. The molecule has 2 heterocycles. The van der Waals surface area contributed by atoms with Crippen molar-refractivity contribution in [3.63, 3.8) is 0 Å². The van der Waals surface area contributed by atoms with E-state index >= 15 is 0 Å². The summed E-state index contributed by atoms with van der Waals surface area (Å²) in [7, 11) is 0. The van der Waals surface area contributed by atoms with Crippen molar-refractivity contribution in [1.29, 1.82) is 0 Å². The van der Waals surface area contributed by atoms with Gasteiger partial charge in [-0.05, 0) is 56.3 Å². The Bertz CT molecular complexity index is 976. The number of amides is 1. The number of carbonyl (C=O) groups is 1. The first-order valence-electron chi connectivity index (χ1n) is 9.06. The van der Waals surface area contributed by atoms with Crippen LogP contribution >= 0.6 is 0 Å². The van der Waals surface area contributed by atoms with E-state index in [2.05, 4.69) is 25.9 Å². The summed E-state index contributed by atoms with van der Waals surface area (Å²) in [4.78, 5) is 21.0. The van der Waals surface area contributed by atoms with Crippen LogP contribution in [0.15, 0.2) is 66.5 Å². The number of fused-ring (bicyclic) bond motifs is 1. The van der Waals surface area contributed by atoms with Crippen molar-refractivity contribution >= 4 is 34.0 Å². The highest BCUT2D eigenvalue weighted by molar-refractivity contribution is 6.02. The number of carbonyl (C=O) groups excluding carboxylic acids is 1. The highest BCUT2D eigenvalue weighted by Gasteiger charge is 2.09. The summed E-state index contributed by atoms with van der Waals surface area (Å²) in [6.45, 7) is 1.86. The van der Waals surface area contributed by atoms with Crippen LogP contribution in [-0.2, 0) is 4.79 Å². The average Bonchev–Trinajstić information content (AvgIpc) is 2.70. The lowest BCUT2D eigenvalue weighted by molar-refractivity contribution is -0.112. The molecule has 6 nitrogen and oxygen atoms in total. The maximum atomic E-state index is 12.3. The Kier molecular flexibility index (Phi) is 5.07. The van der Waals surface area contributed by atoms with E-state index in [4.69, 9.17) is 0 Å². The molecular weight excluding hydrogens is 338 g/mol. The maximum Gasteiger partial charge on any atom is 0.248 e. The van der Waals surface area contributed by atoms with Crippen molar-refractivity contribution in [2.45, 2.75) is 12.8 Å². The third kappa shape index (κ3) is 4.30. The molecule has 0 radical (unpaired) electrons. The van der Waals surface area contributed by atoms with Gasteiger partial charge in [0.25, 0.3) is 0 Å². The van der Waals surface area contributed by atoms with Gasteiger partial charge in [-0.2, -0.15) is 0 Å². The number of anilines is 3. The summed E-state index contributed by atoms with van der Waals surface area (Å²) in [6, 6.07) is 15.5. The highest BCUT2D eigenvalue weighted by Crippen LogP contribution is 2.25. The lowest BCUT2D eigenvalue weighted by Gasteiger charge is -2.15. The normalized spacial score (nSPS) is 14.0. The standard InChI is InChI=1S/C21H21N5O/c27-20(12-15-8-10-22-11-9-15)25-17-6-7-19-18(13-17)21(24-14-23-19)26-16-4-2-1-3-5-16/h1-7,12-14,22H,8-11H2,(H,25,27)(H,23,24,26). The fourth-order valence-electron chi connectivity index (χ4n) is 3.15. The lowest BCUT2D eigenvalue weighted by Crippen LogP contribution is -2.24. The molecule has 136 valence electrons. The average molecular weight is 359 g/mol. The van der Waals surface area contributed by atoms with Crippen molar-refractivity contribution in [2.24, 2.45) is 0 Å². The van der Waals surface area contributed by atoms with Crippen molar-refractivity contribution in [2.75, 3.05) is 23.7 Å². The van der Waals surface area contributed by atoms with Gasteiger partial charge in [0.05, 0.1) is 5.52 Å². The minimum atomic E-state index is -0.0966. The van der Waals surface area contributed by atoms with Crippen LogP contribution in [0.5, 0.6) is 0 Å². The van der Waals surface area contributed by atoms with Gasteiger partial charge in [-0.3, -0.25) is 4.79 Å². The van der Waals surface area contributed by atoms with Crippen LogP contribution in [0.1, 0.15) is 12.8 Å². The van der Waals surface area contributed by atoms with E-state index in [1.807, 2.05) is 48.5 Å². The Morgan fingerprint density at radius 1 is 1.00 bits per heavy atom. The fourth-order valence-corrected chi connectivity index (χ4v) is 3.15. The molecule has 1 fully saturated rings. The third-order valence-corrected chi connectivity index (χ3v) is 4.52. The Balaban J connectivity index is 1.57. The predicted octanol–water partition coefficient (Wildman–Crippen LogP) is 3.62. The highest BCUT2D eigenvalue weighted by atomic mass is 16.1. The van der Waals surface area contributed by atoms with Crippen molar-refractivity contribution < 1.29 is 4.79 Å². The number of para-hydroxylation sites is 1. The SMILES string of the molecule is O=C(C=C1CCNCC1)Nc1ccc2ncnc(Nc3ccccc3)c2c1. The van der Waals surface area contributed by atoms with Gasteiger partial charge in [-0.25, -0.2) is 9.97 Å². The zero-order valence-corrected chi connectivity index (χ0v) is 14.9. The Hall–Kier alpha value is -3.25. The number of nitrogens with one attached hydrogen (secondary N) is 3. The summed E-state index contributed by atoms with van der Waals surface area (Å²) in [5.74, 6) is 0.611. The molecule has 6 heteroatoms. The number of nitrogens with zero attached hydrogens (tertiary/aromatic N) is 2. The van der Waals surface area contributed by atoms with Gasteiger partial charge in [-0.15, -0.1) is 0 Å².